The molecule has 0 rings (SSSR count). The third-order valence-electron chi connectivity index (χ3n) is 1.36. The fourth-order valence-corrected chi connectivity index (χ4v) is 1.15. The smallest absolute Gasteiger partial charge is 0.303 e. The van der Waals surface area contributed by atoms with Crippen LogP contribution in [-0.4, -0.2) is 11.4 Å². The van der Waals surface area contributed by atoms with Gasteiger partial charge in [0.1, 0.15) is 5.44 Å². The molecule has 1 atom stereocenters. The van der Waals surface area contributed by atoms with E-state index in [0.29, 0.717) is 0 Å². The molecule has 0 spiro atoms. The van der Waals surface area contributed by atoms with Gasteiger partial charge in [0, 0.05) is 6.92 Å². The molecule has 0 saturated carbocycles. The molecule has 3 heteroatoms. The first-order chi connectivity index (χ1) is 5.16. The quantitative estimate of drug-likeness (QED) is 0.301. The van der Waals surface area contributed by atoms with Gasteiger partial charge in [-0.25, -0.2) is 0 Å². The van der Waals surface area contributed by atoms with E-state index in [1.54, 1.807) is 0 Å². The molecular formula is C8H16O2S. The standard InChI is InChI=1S/C8H16O2S/c1-3-4-5-6-8(11)10-7(2)9/h8,11H,3-6H2,1-2H3. The molecule has 0 aromatic heterocycles. The SMILES string of the molecule is CCCCCC(S)OC(C)=O. The predicted octanol–water partition coefficient (Wildman–Crippen LogP) is 2.39. The lowest BCUT2D eigenvalue weighted by Crippen LogP contribution is -2.09. The molecule has 0 bridgehead atoms. The Morgan fingerprint density at radius 3 is 2.64 bits per heavy atom. The Kier molecular flexibility index (Phi) is 6.42. The van der Waals surface area contributed by atoms with Crippen LogP contribution >= 0.6 is 12.6 Å². The third kappa shape index (κ3) is 7.72. The molecule has 0 aliphatic rings. The molecule has 2 nitrogen and oxygen atoms in total. The van der Waals surface area contributed by atoms with Gasteiger partial charge in [-0.1, -0.05) is 19.8 Å². The van der Waals surface area contributed by atoms with Crippen molar-refractivity contribution in [3.05, 3.63) is 0 Å². The molecule has 0 aromatic rings. The molecule has 0 saturated heterocycles. The molecule has 0 N–H and O–H groups in total. The van der Waals surface area contributed by atoms with Gasteiger partial charge in [0.25, 0.3) is 0 Å². The van der Waals surface area contributed by atoms with Crippen molar-refractivity contribution in [3.8, 4) is 0 Å². The summed E-state index contributed by atoms with van der Waals surface area (Å²) in [6.45, 7) is 3.54. The minimum atomic E-state index is -0.249. The Labute approximate surface area is 73.7 Å². The zero-order valence-corrected chi connectivity index (χ0v) is 8.06. The maximum atomic E-state index is 10.4. The van der Waals surface area contributed by atoms with Gasteiger partial charge < -0.3 is 4.74 Å². The Morgan fingerprint density at radius 2 is 2.18 bits per heavy atom. The lowest BCUT2D eigenvalue weighted by Gasteiger charge is -2.09. The van der Waals surface area contributed by atoms with Crippen LogP contribution in [0.3, 0.4) is 0 Å². The van der Waals surface area contributed by atoms with E-state index in [4.69, 9.17) is 4.74 Å². The third-order valence-corrected chi connectivity index (χ3v) is 1.72. The highest BCUT2D eigenvalue weighted by atomic mass is 32.1. The van der Waals surface area contributed by atoms with Crippen LogP contribution in [0.25, 0.3) is 0 Å². The molecular weight excluding hydrogens is 160 g/mol. The van der Waals surface area contributed by atoms with E-state index in [9.17, 15) is 4.79 Å². The zero-order valence-electron chi connectivity index (χ0n) is 7.17. The van der Waals surface area contributed by atoms with Crippen LogP contribution in [0.4, 0.5) is 0 Å². The van der Waals surface area contributed by atoms with E-state index in [0.717, 1.165) is 12.8 Å². The largest absolute Gasteiger partial charge is 0.452 e. The predicted molar refractivity (Wildman–Crippen MR) is 48.7 cm³/mol. The van der Waals surface area contributed by atoms with Gasteiger partial charge in [0.2, 0.25) is 0 Å². The molecule has 0 fully saturated rings. The van der Waals surface area contributed by atoms with Gasteiger partial charge in [-0.2, -0.15) is 0 Å². The summed E-state index contributed by atoms with van der Waals surface area (Å²) in [7, 11) is 0. The van der Waals surface area contributed by atoms with Crippen LogP contribution in [-0.2, 0) is 9.53 Å². The number of ether oxygens (including phenoxy) is 1. The summed E-state index contributed by atoms with van der Waals surface area (Å²) in [6.07, 6.45) is 4.30. The molecule has 0 aliphatic heterocycles. The minimum Gasteiger partial charge on any atom is -0.452 e. The Morgan fingerprint density at radius 1 is 1.55 bits per heavy atom. The summed E-state index contributed by atoms with van der Waals surface area (Å²) in [5, 5.41) is 0. The number of esters is 1. The molecule has 0 amide bonds. The zero-order chi connectivity index (χ0) is 8.69. The highest BCUT2D eigenvalue weighted by molar-refractivity contribution is 7.80. The van der Waals surface area contributed by atoms with Crippen molar-refractivity contribution in [3.63, 3.8) is 0 Å². The summed E-state index contributed by atoms with van der Waals surface area (Å²) in [5.41, 5.74) is -0.209. The monoisotopic (exact) mass is 176 g/mol. The second-order valence-electron chi connectivity index (χ2n) is 2.56. The summed E-state index contributed by atoms with van der Waals surface area (Å²) >= 11 is 4.10. The minimum absolute atomic E-state index is 0.209. The number of carbonyl (C=O) groups is 1. The first-order valence-corrected chi connectivity index (χ1v) is 4.53. The van der Waals surface area contributed by atoms with Crippen LogP contribution in [0.15, 0.2) is 0 Å². The van der Waals surface area contributed by atoms with Crippen molar-refractivity contribution in [2.45, 2.75) is 45.0 Å². The Balaban J connectivity index is 3.22. The number of rotatable bonds is 5. The maximum Gasteiger partial charge on any atom is 0.303 e. The molecule has 0 heterocycles. The van der Waals surface area contributed by atoms with Crippen molar-refractivity contribution in [2.24, 2.45) is 0 Å². The van der Waals surface area contributed by atoms with Crippen LogP contribution in [0.5, 0.6) is 0 Å². The van der Waals surface area contributed by atoms with E-state index in [1.807, 2.05) is 0 Å². The first kappa shape index (κ1) is 10.8. The number of hydrogen-bond acceptors (Lipinski definition) is 3. The second-order valence-corrected chi connectivity index (χ2v) is 3.14. The van der Waals surface area contributed by atoms with Crippen LogP contribution < -0.4 is 0 Å². The van der Waals surface area contributed by atoms with Crippen molar-refractivity contribution in [1.29, 1.82) is 0 Å². The molecule has 0 radical (unpaired) electrons. The van der Waals surface area contributed by atoms with E-state index < -0.39 is 0 Å². The normalized spacial score (nSPS) is 12.6. The van der Waals surface area contributed by atoms with Crippen molar-refractivity contribution in [2.75, 3.05) is 0 Å². The van der Waals surface area contributed by atoms with Crippen molar-refractivity contribution >= 4 is 18.6 Å². The topological polar surface area (TPSA) is 26.3 Å². The number of carbonyl (C=O) groups excluding carboxylic acids is 1. The summed E-state index contributed by atoms with van der Waals surface area (Å²) < 4.78 is 4.82. The molecule has 66 valence electrons. The average molecular weight is 176 g/mol. The Hall–Kier alpha value is -0.180. The van der Waals surface area contributed by atoms with Gasteiger partial charge in [0.05, 0.1) is 0 Å². The highest BCUT2D eigenvalue weighted by Gasteiger charge is 2.04. The fourth-order valence-electron chi connectivity index (χ4n) is 0.819. The van der Waals surface area contributed by atoms with Gasteiger partial charge in [-0.15, -0.1) is 12.6 Å². The first-order valence-electron chi connectivity index (χ1n) is 4.02. The van der Waals surface area contributed by atoms with Gasteiger partial charge in [-0.3, -0.25) is 4.79 Å². The van der Waals surface area contributed by atoms with E-state index in [-0.39, 0.29) is 11.4 Å². The summed E-state index contributed by atoms with van der Waals surface area (Å²) in [5.74, 6) is -0.249. The van der Waals surface area contributed by atoms with Crippen LogP contribution in [0.1, 0.15) is 39.5 Å². The maximum absolute atomic E-state index is 10.4. The fraction of sp³-hybridized carbons (Fsp3) is 0.875. The van der Waals surface area contributed by atoms with Gasteiger partial charge >= 0.3 is 5.97 Å². The van der Waals surface area contributed by atoms with Gasteiger partial charge in [0.15, 0.2) is 0 Å². The lowest BCUT2D eigenvalue weighted by molar-refractivity contribution is -0.142. The van der Waals surface area contributed by atoms with E-state index >= 15 is 0 Å². The number of thiol groups is 1. The molecule has 11 heavy (non-hydrogen) atoms. The van der Waals surface area contributed by atoms with Gasteiger partial charge in [-0.05, 0) is 12.8 Å². The van der Waals surface area contributed by atoms with Crippen LogP contribution in [0, 0.1) is 0 Å². The van der Waals surface area contributed by atoms with Crippen molar-refractivity contribution < 1.29 is 9.53 Å². The van der Waals surface area contributed by atoms with Crippen molar-refractivity contribution in [1.82, 2.24) is 0 Å². The van der Waals surface area contributed by atoms with Crippen LogP contribution in [0.2, 0.25) is 0 Å². The number of hydrogen-bond donors (Lipinski definition) is 1. The molecule has 0 aromatic carbocycles. The van der Waals surface area contributed by atoms with E-state index in [1.165, 1.54) is 19.8 Å². The summed E-state index contributed by atoms with van der Waals surface area (Å²) in [4.78, 5) is 10.4. The number of unbranched alkanes of at least 4 members (excludes halogenated alkanes) is 2. The average Bonchev–Trinajstić information content (AvgIpc) is 1.86. The molecule has 1 unspecified atom stereocenters. The summed E-state index contributed by atoms with van der Waals surface area (Å²) in [6, 6.07) is 0. The van der Waals surface area contributed by atoms with E-state index in [2.05, 4.69) is 19.6 Å². The molecule has 0 aliphatic carbocycles. The highest BCUT2D eigenvalue weighted by Crippen LogP contribution is 2.09. The Bertz CT molecular complexity index is 115. The second kappa shape index (κ2) is 6.53. The lowest BCUT2D eigenvalue weighted by atomic mass is 10.2.